The molecule has 1 aromatic heterocycles. The molecule has 0 aliphatic rings. The molecule has 0 spiro atoms. The molecule has 10 heteroatoms. The van der Waals surface area contributed by atoms with Crippen LogP contribution in [-0.4, -0.2) is 43.2 Å². The Morgan fingerprint density at radius 2 is 1.59 bits per heavy atom. The molecule has 0 aliphatic heterocycles. The van der Waals surface area contributed by atoms with Crippen molar-refractivity contribution >= 4 is 45.5 Å². The van der Waals surface area contributed by atoms with E-state index in [0.717, 1.165) is 11.4 Å². The SMILES string of the molecule is COc1ccc(Nc2nnc(SCC(=O)Nc3cc(OC)cc(OC)c3)s2)cc1. The number of nitrogens with zero attached hydrogens (tertiary/aromatic N) is 2. The lowest BCUT2D eigenvalue weighted by Crippen LogP contribution is -2.14. The predicted molar refractivity (Wildman–Crippen MR) is 115 cm³/mol. The second kappa shape index (κ2) is 9.99. The molecule has 0 radical (unpaired) electrons. The van der Waals surface area contributed by atoms with Gasteiger partial charge in [0.1, 0.15) is 17.2 Å². The normalized spacial score (nSPS) is 10.3. The number of aromatic nitrogens is 2. The van der Waals surface area contributed by atoms with Gasteiger partial charge in [0.25, 0.3) is 0 Å². The van der Waals surface area contributed by atoms with Crippen LogP contribution in [0.1, 0.15) is 0 Å². The maximum absolute atomic E-state index is 12.3. The van der Waals surface area contributed by atoms with E-state index >= 15 is 0 Å². The first-order valence-corrected chi connectivity index (χ1v) is 10.3. The van der Waals surface area contributed by atoms with Crippen LogP contribution in [0, 0.1) is 0 Å². The van der Waals surface area contributed by atoms with Gasteiger partial charge in [0.2, 0.25) is 11.0 Å². The molecule has 0 unspecified atom stereocenters. The van der Waals surface area contributed by atoms with E-state index in [-0.39, 0.29) is 11.7 Å². The third kappa shape index (κ3) is 6.00. The van der Waals surface area contributed by atoms with Crippen LogP contribution in [0.15, 0.2) is 46.8 Å². The lowest BCUT2D eigenvalue weighted by molar-refractivity contribution is -0.113. The average molecular weight is 433 g/mol. The second-order valence-corrected chi connectivity index (χ2v) is 7.86. The van der Waals surface area contributed by atoms with Crippen molar-refractivity contribution < 1.29 is 19.0 Å². The number of ether oxygens (including phenoxy) is 3. The standard InChI is InChI=1S/C19H20N4O4S2/c1-25-14-6-4-12(5-7-14)21-18-22-23-19(29-18)28-11-17(24)20-13-8-15(26-2)10-16(9-13)27-3/h4-10H,11H2,1-3H3,(H,20,24)(H,21,22). The minimum absolute atomic E-state index is 0.162. The molecule has 0 saturated carbocycles. The van der Waals surface area contributed by atoms with Crippen molar-refractivity contribution in [3.8, 4) is 17.2 Å². The lowest BCUT2D eigenvalue weighted by atomic mass is 10.2. The lowest BCUT2D eigenvalue weighted by Gasteiger charge is -2.09. The summed E-state index contributed by atoms with van der Waals surface area (Å²) in [4.78, 5) is 12.3. The Hall–Kier alpha value is -2.98. The molecule has 0 aliphatic carbocycles. The first kappa shape index (κ1) is 20.7. The van der Waals surface area contributed by atoms with Crippen LogP contribution in [-0.2, 0) is 4.79 Å². The van der Waals surface area contributed by atoms with Gasteiger partial charge in [-0.2, -0.15) is 0 Å². The highest BCUT2D eigenvalue weighted by atomic mass is 32.2. The van der Waals surface area contributed by atoms with E-state index in [9.17, 15) is 4.79 Å². The summed E-state index contributed by atoms with van der Waals surface area (Å²) in [5, 5.41) is 14.9. The molecule has 8 nitrogen and oxygen atoms in total. The van der Waals surface area contributed by atoms with Crippen molar-refractivity contribution in [3.63, 3.8) is 0 Å². The molecule has 152 valence electrons. The summed E-state index contributed by atoms with van der Waals surface area (Å²) >= 11 is 2.69. The number of amides is 1. The minimum Gasteiger partial charge on any atom is -0.497 e. The molecular weight excluding hydrogens is 412 g/mol. The molecule has 1 amide bonds. The van der Waals surface area contributed by atoms with Crippen molar-refractivity contribution in [1.82, 2.24) is 10.2 Å². The van der Waals surface area contributed by atoms with Gasteiger partial charge in [-0.25, -0.2) is 0 Å². The number of carbonyl (C=O) groups is 1. The molecule has 3 rings (SSSR count). The van der Waals surface area contributed by atoms with Gasteiger partial charge in [-0.05, 0) is 24.3 Å². The van der Waals surface area contributed by atoms with Crippen LogP contribution in [0.3, 0.4) is 0 Å². The quantitative estimate of drug-likeness (QED) is 0.489. The molecule has 0 fully saturated rings. The molecule has 29 heavy (non-hydrogen) atoms. The highest BCUT2D eigenvalue weighted by Crippen LogP contribution is 2.29. The Morgan fingerprint density at radius 3 is 2.21 bits per heavy atom. The zero-order valence-corrected chi connectivity index (χ0v) is 17.7. The number of nitrogens with one attached hydrogen (secondary N) is 2. The third-order valence-corrected chi connectivity index (χ3v) is 5.68. The van der Waals surface area contributed by atoms with Crippen molar-refractivity contribution in [2.24, 2.45) is 0 Å². The highest BCUT2D eigenvalue weighted by molar-refractivity contribution is 8.01. The van der Waals surface area contributed by atoms with Crippen LogP contribution >= 0.6 is 23.1 Å². The Morgan fingerprint density at radius 1 is 0.931 bits per heavy atom. The van der Waals surface area contributed by atoms with E-state index in [4.69, 9.17) is 14.2 Å². The molecule has 1 heterocycles. The van der Waals surface area contributed by atoms with Crippen LogP contribution < -0.4 is 24.8 Å². The van der Waals surface area contributed by atoms with Crippen molar-refractivity contribution in [1.29, 1.82) is 0 Å². The summed E-state index contributed by atoms with van der Waals surface area (Å²) in [6.45, 7) is 0. The number of carbonyl (C=O) groups excluding carboxylic acids is 1. The molecule has 0 bridgehead atoms. The summed E-state index contributed by atoms with van der Waals surface area (Å²) in [7, 11) is 4.74. The first-order chi connectivity index (χ1) is 14.1. The number of thioether (sulfide) groups is 1. The monoisotopic (exact) mass is 432 g/mol. The van der Waals surface area contributed by atoms with E-state index < -0.39 is 0 Å². The van der Waals surface area contributed by atoms with Crippen molar-refractivity contribution in [2.75, 3.05) is 37.7 Å². The fourth-order valence-electron chi connectivity index (χ4n) is 2.32. The zero-order valence-electron chi connectivity index (χ0n) is 16.1. The maximum atomic E-state index is 12.3. The largest absolute Gasteiger partial charge is 0.497 e. The molecule has 3 aromatic rings. The summed E-state index contributed by atoms with van der Waals surface area (Å²) in [6, 6.07) is 12.7. The first-order valence-electron chi connectivity index (χ1n) is 8.50. The van der Waals surface area contributed by atoms with Gasteiger partial charge in [0.05, 0.1) is 27.1 Å². The van der Waals surface area contributed by atoms with E-state index in [2.05, 4.69) is 20.8 Å². The number of hydrogen-bond acceptors (Lipinski definition) is 9. The Bertz CT molecular complexity index is 941. The van der Waals surface area contributed by atoms with E-state index in [1.165, 1.54) is 23.1 Å². The van der Waals surface area contributed by atoms with Crippen LogP contribution in [0.2, 0.25) is 0 Å². The number of rotatable bonds is 9. The van der Waals surface area contributed by atoms with Gasteiger partial charge in [-0.3, -0.25) is 4.79 Å². The zero-order chi connectivity index (χ0) is 20.6. The Labute approximate surface area is 176 Å². The van der Waals surface area contributed by atoms with Crippen LogP contribution in [0.25, 0.3) is 0 Å². The summed E-state index contributed by atoms with van der Waals surface area (Å²) in [5.74, 6) is 2.03. The van der Waals surface area contributed by atoms with Gasteiger partial charge in [-0.15, -0.1) is 10.2 Å². The topological polar surface area (TPSA) is 94.6 Å². The number of anilines is 3. The third-order valence-electron chi connectivity index (χ3n) is 3.71. The van der Waals surface area contributed by atoms with Crippen molar-refractivity contribution in [3.05, 3.63) is 42.5 Å². The molecular formula is C19H20N4O4S2. The van der Waals surface area contributed by atoms with Crippen molar-refractivity contribution in [2.45, 2.75) is 4.34 Å². The van der Waals surface area contributed by atoms with Crippen LogP contribution in [0.5, 0.6) is 17.2 Å². The van der Waals surface area contributed by atoms with E-state index in [1.807, 2.05) is 24.3 Å². The maximum Gasteiger partial charge on any atom is 0.234 e. The van der Waals surface area contributed by atoms with Gasteiger partial charge in [0.15, 0.2) is 4.34 Å². The smallest absolute Gasteiger partial charge is 0.234 e. The summed E-state index contributed by atoms with van der Waals surface area (Å²) in [5.41, 5.74) is 1.48. The van der Waals surface area contributed by atoms with Gasteiger partial charge >= 0.3 is 0 Å². The van der Waals surface area contributed by atoms with Gasteiger partial charge < -0.3 is 24.8 Å². The second-order valence-electron chi connectivity index (χ2n) is 5.66. The van der Waals surface area contributed by atoms with Crippen LogP contribution in [0.4, 0.5) is 16.5 Å². The van der Waals surface area contributed by atoms with Gasteiger partial charge in [-0.1, -0.05) is 23.1 Å². The molecule has 2 aromatic carbocycles. The minimum atomic E-state index is -0.162. The number of hydrogen-bond donors (Lipinski definition) is 2. The Kier molecular flexibility index (Phi) is 7.14. The molecule has 0 saturated heterocycles. The van der Waals surface area contributed by atoms with E-state index in [1.54, 1.807) is 39.5 Å². The number of methoxy groups -OCH3 is 3. The fourth-order valence-corrected chi connectivity index (χ4v) is 3.89. The average Bonchev–Trinajstić information content (AvgIpc) is 3.19. The molecule has 0 atom stereocenters. The predicted octanol–water partition coefficient (Wildman–Crippen LogP) is 4.04. The molecule has 2 N–H and O–H groups in total. The summed E-state index contributed by atoms with van der Waals surface area (Å²) < 4.78 is 16.2. The Balaban J connectivity index is 1.53. The van der Waals surface area contributed by atoms with E-state index in [0.29, 0.717) is 26.7 Å². The van der Waals surface area contributed by atoms with Gasteiger partial charge in [0, 0.05) is 29.6 Å². The highest BCUT2D eigenvalue weighted by Gasteiger charge is 2.10. The summed E-state index contributed by atoms with van der Waals surface area (Å²) in [6.07, 6.45) is 0. The fraction of sp³-hybridized carbons (Fsp3) is 0.211. The number of benzene rings is 2.